The number of hydrogen-bond donors (Lipinski definition) is 2. The second kappa shape index (κ2) is 10.5. The third kappa shape index (κ3) is 6.24. The van der Waals surface area contributed by atoms with E-state index in [-0.39, 0.29) is 24.0 Å². The summed E-state index contributed by atoms with van der Waals surface area (Å²) in [5.74, 6) is 3.27. The molecule has 0 atom stereocenters. The lowest BCUT2D eigenvalue weighted by Crippen LogP contribution is -2.36. The fourth-order valence-electron chi connectivity index (χ4n) is 2.50. The molecule has 0 radical (unpaired) electrons. The molecule has 120 valence electrons. The molecule has 0 bridgehead atoms. The Morgan fingerprint density at radius 3 is 2.41 bits per heavy atom. The van der Waals surface area contributed by atoms with Crippen LogP contribution in [-0.4, -0.2) is 37.5 Å². The number of aliphatic imine (C=N–C) groups is 1. The van der Waals surface area contributed by atoms with Crippen LogP contribution < -0.4 is 10.6 Å². The maximum atomic E-state index is 5.22. The predicted octanol–water partition coefficient (Wildman–Crippen LogP) is 2.20. The Morgan fingerprint density at radius 1 is 1.18 bits per heavy atom. The Hall–Kier alpha value is -1.26. The molecule has 22 heavy (non-hydrogen) atoms. The van der Waals surface area contributed by atoms with E-state index in [9.17, 15) is 0 Å². The van der Waals surface area contributed by atoms with Gasteiger partial charge in [-0.3, -0.25) is 9.89 Å². The van der Waals surface area contributed by atoms with Gasteiger partial charge in [0.05, 0.1) is 6.54 Å². The summed E-state index contributed by atoms with van der Waals surface area (Å²) in [7, 11) is 1.74. The molecule has 1 saturated heterocycles. The lowest BCUT2D eigenvalue weighted by Gasteiger charge is -2.15. The molecule has 1 fully saturated rings. The van der Waals surface area contributed by atoms with Gasteiger partial charge in [0.1, 0.15) is 0 Å². The number of hydrogen-bond acceptors (Lipinski definition) is 2. The van der Waals surface area contributed by atoms with Gasteiger partial charge in [-0.15, -0.1) is 30.4 Å². The minimum Gasteiger partial charge on any atom is -0.352 e. The molecule has 5 heteroatoms. The number of nitrogens with one attached hydrogen (secondary N) is 2. The number of nitrogens with zero attached hydrogens (tertiary/aromatic N) is 2. The number of rotatable bonds is 5. The third-order valence-corrected chi connectivity index (χ3v) is 3.67. The Morgan fingerprint density at radius 2 is 1.82 bits per heavy atom. The molecule has 1 aliphatic heterocycles. The highest BCUT2D eigenvalue weighted by Crippen LogP contribution is 2.13. The van der Waals surface area contributed by atoms with Crippen LogP contribution in [0.15, 0.2) is 29.3 Å². The van der Waals surface area contributed by atoms with Crippen molar-refractivity contribution in [3.63, 3.8) is 0 Å². The maximum Gasteiger partial charge on any atom is 0.192 e. The first-order valence-electron chi connectivity index (χ1n) is 7.50. The van der Waals surface area contributed by atoms with Crippen LogP contribution in [0.4, 0.5) is 0 Å². The van der Waals surface area contributed by atoms with Crippen LogP contribution >= 0.6 is 24.0 Å². The predicted molar refractivity (Wildman–Crippen MR) is 103 cm³/mol. The summed E-state index contributed by atoms with van der Waals surface area (Å²) in [6.45, 7) is 4.77. The van der Waals surface area contributed by atoms with Gasteiger partial charge in [-0.1, -0.05) is 30.2 Å². The van der Waals surface area contributed by atoms with Crippen molar-refractivity contribution < 1.29 is 0 Å². The fraction of sp³-hybridized carbons (Fsp3) is 0.471. The second-order valence-electron chi connectivity index (χ2n) is 5.28. The SMILES string of the molecule is C#CCNC(=NC)NCc1ccc(CN2CCCC2)cc1.I. The molecule has 0 aliphatic carbocycles. The molecule has 1 aliphatic rings. The van der Waals surface area contributed by atoms with Crippen LogP contribution in [0.1, 0.15) is 24.0 Å². The number of benzene rings is 1. The van der Waals surface area contributed by atoms with Crippen molar-refractivity contribution in [2.45, 2.75) is 25.9 Å². The van der Waals surface area contributed by atoms with Crippen molar-refractivity contribution in [1.29, 1.82) is 0 Å². The number of terminal acetylenes is 1. The first-order chi connectivity index (χ1) is 10.3. The Kier molecular flexibility index (Phi) is 8.94. The summed E-state index contributed by atoms with van der Waals surface area (Å²) >= 11 is 0. The molecule has 1 heterocycles. The van der Waals surface area contributed by atoms with E-state index in [1.165, 1.54) is 37.1 Å². The van der Waals surface area contributed by atoms with E-state index in [0.717, 1.165) is 19.0 Å². The van der Waals surface area contributed by atoms with E-state index in [4.69, 9.17) is 6.42 Å². The van der Waals surface area contributed by atoms with Crippen molar-refractivity contribution in [3.8, 4) is 12.3 Å². The highest BCUT2D eigenvalue weighted by atomic mass is 127. The zero-order valence-electron chi connectivity index (χ0n) is 13.1. The van der Waals surface area contributed by atoms with Gasteiger partial charge >= 0.3 is 0 Å². The summed E-state index contributed by atoms with van der Waals surface area (Å²) in [5, 5.41) is 6.29. The van der Waals surface area contributed by atoms with Crippen LogP contribution in [0.25, 0.3) is 0 Å². The molecule has 1 aromatic rings. The fourth-order valence-corrected chi connectivity index (χ4v) is 2.50. The molecule has 0 saturated carbocycles. The normalized spacial score (nSPS) is 15.0. The largest absolute Gasteiger partial charge is 0.352 e. The highest BCUT2D eigenvalue weighted by molar-refractivity contribution is 14.0. The summed E-state index contributed by atoms with van der Waals surface area (Å²) in [6.07, 6.45) is 7.90. The van der Waals surface area contributed by atoms with E-state index in [0.29, 0.717) is 6.54 Å². The maximum absolute atomic E-state index is 5.22. The molecule has 0 amide bonds. The molecule has 1 aromatic carbocycles. The van der Waals surface area contributed by atoms with Crippen LogP contribution in [0.2, 0.25) is 0 Å². The van der Waals surface area contributed by atoms with E-state index in [1.807, 2.05) is 0 Å². The quantitative estimate of drug-likeness (QED) is 0.337. The van der Waals surface area contributed by atoms with Gasteiger partial charge in [-0.05, 0) is 37.1 Å². The zero-order valence-corrected chi connectivity index (χ0v) is 15.5. The lowest BCUT2D eigenvalue weighted by atomic mass is 10.1. The summed E-state index contributed by atoms with van der Waals surface area (Å²) < 4.78 is 0. The smallest absolute Gasteiger partial charge is 0.192 e. The second-order valence-corrected chi connectivity index (χ2v) is 5.28. The van der Waals surface area contributed by atoms with Crippen molar-refractivity contribution >= 4 is 29.9 Å². The summed E-state index contributed by atoms with van der Waals surface area (Å²) in [5.41, 5.74) is 2.62. The van der Waals surface area contributed by atoms with Gasteiger partial charge in [0, 0.05) is 20.1 Å². The zero-order chi connectivity index (χ0) is 14.9. The molecule has 0 aromatic heterocycles. The molecule has 2 rings (SSSR count). The van der Waals surface area contributed by atoms with Gasteiger partial charge in [0.25, 0.3) is 0 Å². The number of likely N-dealkylation sites (tertiary alicyclic amines) is 1. The van der Waals surface area contributed by atoms with Crippen LogP contribution in [0.5, 0.6) is 0 Å². The Bertz CT molecular complexity index is 498. The molecular formula is C17H25IN4. The van der Waals surface area contributed by atoms with E-state index >= 15 is 0 Å². The lowest BCUT2D eigenvalue weighted by molar-refractivity contribution is 0.331. The first kappa shape index (κ1) is 18.8. The molecule has 4 nitrogen and oxygen atoms in total. The van der Waals surface area contributed by atoms with Crippen LogP contribution in [0.3, 0.4) is 0 Å². The minimum atomic E-state index is 0. The van der Waals surface area contributed by atoms with E-state index < -0.39 is 0 Å². The first-order valence-corrected chi connectivity index (χ1v) is 7.50. The van der Waals surface area contributed by atoms with Gasteiger partial charge in [-0.25, -0.2) is 0 Å². The summed E-state index contributed by atoms with van der Waals surface area (Å²) in [6, 6.07) is 8.78. The molecule has 2 N–H and O–H groups in total. The number of guanidine groups is 1. The van der Waals surface area contributed by atoms with Crippen molar-refractivity contribution in [3.05, 3.63) is 35.4 Å². The monoisotopic (exact) mass is 412 g/mol. The Labute approximate surface area is 150 Å². The van der Waals surface area contributed by atoms with Crippen molar-refractivity contribution in [2.24, 2.45) is 4.99 Å². The van der Waals surface area contributed by atoms with Crippen molar-refractivity contribution in [2.75, 3.05) is 26.7 Å². The molecular weight excluding hydrogens is 387 g/mol. The van der Waals surface area contributed by atoms with E-state index in [2.05, 4.69) is 50.7 Å². The third-order valence-electron chi connectivity index (χ3n) is 3.67. The van der Waals surface area contributed by atoms with E-state index in [1.54, 1.807) is 7.05 Å². The Balaban J connectivity index is 0.00000242. The van der Waals surface area contributed by atoms with Crippen LogP contribution in [-0.2, 0) is 13.1 Å². The minimum absolute atomic E-state index is 0. The van der Waals surface area contributed by atoms with Crippen molar-refractivity contribution in [1.82, 2.24) is 15.5 Å². The summed E-state index contributed by atoms with van der Waals surface area (Å²) in [4.78, 5) is 6.63. The number of halogens is 1. The van der Waals surface area contributed by atoms with Gasteiger partial charge in [-0.2, -0.15) is 0 Å². The van der Waals surface area contributed by atoms with Crippen LogP contribution in [0, 0.1) is 12.3 Å². The average Bonchev–Trinajstić information content (AvgIpc) is 3.02. The molecule has 0 spiro atoms. The highest BCUT2D eigenvalue weighted by Gasteiger charge is 2.11. The average molecular weight is 412 g/mol. The van der Waals surface area contributed by atoms with Gasteiger partial charge in [0.2, 0.25) is 0 Å². The molecule has 0 unspecified atom stereocenters. The van der Waals surface area contributed by atoms with Gasteiger partial charge < -0.3 is 10.6 Å². The standard InChI is InChI=1S/C17H24N4.HI/c1-3-10-19-17(18-2)20-13-15-6-8-16(9-7-15)14-21-11-4-5-12-21;/h1,6-9H,4-5,10-14H2,2H3,(H2,18,19,20);1H. The topological polar surface area (TPSA) is 39.7 Å². The van der Waals surface area contributed by atoms with Gasteiger partial charge in [0.15, 0.2) is 5.96 Å².